The molecule has 0 aromatic heterocycles. The average Bonchev–Trinajstić information content (AvgIpc) is 2.40. The highest BCUT2D eigenvalue weighted by atomic mass is 79.9. The van der Waals surface area contributed by atoms with Crippen molar-refractivity contribution in [1.82, 2.24) is 0 Å². The van der Waals surface area contributed by atoms with Crippen LogP contribution in [-0.4, -0.2) is 4.36 Å². The van der Waals surface area contributed by atoms with Gasteiger partial charge in [0.05, 0.1) is 0 Å². The molecule has 0 atom stereocenters. The Hall–Kier alpha value is -0.315. The van der Waals surface area contributed by atoms with Gasteiger partial charge in [0.15, 0.2) is 0 Å². The monoisotopic (exact) mass is 426 g/mol. The van der Waals surface area contributed by atoms with E-state index in [1.165, 1.54) is 16.6 Å². The minimum absolute atomic E-state index is 0.0991. The van der Waals surface area contributed by atoms with Crippen molar-refractivity contribution in [2.45, 2.75) is 0 Å². The van der Waals surface area contributed by atoms with Crippen molar-refractivity contribution in [2.24, 2.45) is 0 Å². The zero-order chi connectivity index (χ0) is 13.0. The lowest BCUT2D eigenvalue weighted by Gasteiger charge is -2.11. The fourth-order valence-electron chi connectivity index (χ4n) is 1.71. The van der Waals surface area contributed by atoms with Crippen molar-refractivity contribution in [3.8, 4) is 0 Å². The SMILES string of the molecule is BrB(Br)/C(=C(\Br)c1ccccc1)c1ccccc1. The molecular weight excluding hydrogens is 419 g/mol. The van der Waals surface area contributed by atoms with Crippen LogP contribution in [0.2, 0.25) is 0 Å². The molecule has 0 unspecified atom stereocenters. The number of halogens is 3. The first-order valence-corrected chi connectivity index (χ1v) is 8.11. The molecule has 2 rings (SSSR count). The van der Waals surface area contributed by atoms with Crippen molar-refractivity contribution >= 4 is 61.8 Å². The first kappa shape index (κ1) is 14.1. The topological polar surface area (TPSA) is 0 Å². The van der Waals surface area contributed by atoms with Gasteiger partial charge < -0.3 is 0 Å². The van der Waals surface area contributed by atoms with Crippen LogP contribution < -0.4 is 0 Å². The normalized spacial score (nSPS) is 11.9. The van der Waals surface area contributed by atoms with Crippen molar-refractivity contribution in [3.63, 3.8) is 0 Å². The Labute approximate surface area is 133 Å². The van der Waals surface area contributed by atoms with E-state index in [-0.39, 0.29) is 4.36 Å². The minimum atomic E-state index is 0.0991. The standard InChI is InChI=1S/C14H10BBr3/c16-14(12-9-5-2-6-10-12)13(15(17)18)11-7-3-1-4-8-11/h1-10H/b14-13-. The van der Waals surface area contributed by atoms with Crippen LogP contribution in [0.3, 0.4) is 0 Å². The van der Waals surface area contributed by atoms with Crippen molar-refractivity contribution in [1.29, 1.82) is 0 Å². The summed E-state index contributed by atoms with van der Waals surface area (Å²) < 4.78 is 1.19. The maximum atomic E-state index is 3.71. The molecule has 0 fully saturated rings. The minimum Gasteiger partial charge on any atom is -0.132 e. The van der Waals surface area contributed by atoms with E-state index in [4.69, 9.17) is 0 Å². The average molecular weight is 429 g/mol. The first-order valence-electron chi connectivity index (χ1n) is 5.49. The lowest BCUT2D eigenvalue weighted by atomic mass is 9.86. The Morgan fingerprint density at radius 1 is 0.722 bits per heavy atom. The Morgan fingerprint density at radius 2 is 1.17 bits per heavy atom. The van der Waals surface area contributed by atoms with Crippen LogP contribution >= 0.6 is 47.4 Å². The third-order valence-electron chi connectivity index (χ3n) is 2.57. The molecule has 0 saturated heterocycles. The molecule has 0 N–H and O–H groups in total. The molecular formula is C14H10BBr3. The van der Waals surface area contributed by atoms with Gasteiger partial charge in [-0.1, -0.05) is 76.6 Å². The van der Waals surface area contributed by atoms with Gasteiger partial charge in [-0.2, -0.15) is 0 Å². The quantitative estimate of drug-likeness (QED) is 0.430. The second-order valence-corrected chi connectivity index (χ2v) is 7.61. The molecule has 0 radical (unpaired) electrons. The fourth-order valence-corrected chi connectivity index (χ4v) is 4.03. The van der Waals surface area contributed by atoms with E-state index in [1.54, 1.807) is 0 Å². The van der Waals surface area contributed by atoms with E-state index in [0.717, 1.165) is 4.48 Å². The van der Waals surface area contributed by atoms with Crippen LogP contribution in [-0.2, 0) is 0 Å². The third-order valence-corrected chi connectivity index (χ3v) is 4.37. The number of hydrogen-bond donors (Lipinski definition) is 0. The van der Waals surface area contributed by atoms with Gasteiger partial charge >= 0.3 is 4.36 Å². The highest BCUT2D eigenvalue weighted by Crippen LogP contribution is 2.36. The van der Waals surface area contributed by atoms with E-state index >= 15 is 0 Å². The van der Waals surface area contributed by atoms with Crippen molar-refractivity contribution < 1.29 is 0 Å². The van der Waals surface area contributed by atoms with Crippen molar-refractivity contribution in [2.75, 3.05) is 0 Å². The molecule has 0 saturated carbocycles. The summed E-state index contributed by atoms with van der Waals surface area (Å²) in [5.41, 5.74) is 3.54. The highest BCUT2D eigenvalue weighted by molar-refractivity contribution is 9.49. The molecule has 2 aromatic rings. The van der Waals surface area contributed by atoms with Crippen LogP contribution in [0.15, 0.2) is 60.7 Å². The maximum Gasteiger partial charge on any atom is 0.331 e. The lowest BCUT2D eigenvalue weighted by Crippen LogP contribution is -2.00. The van der Waals surface area contributed by atoms with Crippen molar-refractivity contribution in [3.05, 3.63) is 71.8 Å². The molecule has 4 heteroatoms. The molecule has 90 valence electrons. The van der Waals surface area contributed by atoms with Gasteiger partial charge in [-0.05, 0) is 16.6 Å². The van der Waals surface area contributed by atoms with Gasteiger partial charge in [0, 0.05) is 4.48 Å². The predicted octanol–water partition coefficient (Wildman–Crippen LogP) is 5.77. The first-order chi connectivity index (χ1) is 8.70. The predicted molar refractivity (Wildman–Crippen MR) is 92.2 cm³/mol. The van der Waals surface area contributed by atoms with E-state index in [1.807, 2.05) is 36.4 Å². The molecule has 0 bridgehead atoms. The summed E-state index contributed by atoms with van der Waals surface area (Å²) in [6.07, 6.45) is 0. The third kappa shape index (κ3) is 3.37. The summed E-state index contributed by atoms with van der Waals surface area (Å²) in [4.78, 5) is 0. The second-order valence-electron chi connectivity index (χ2n) is 3.76. The molecule has 0 nitrogen and oxygen atoms in total. The molecule has 0 heterocycles. The molecule has 2 aromatic carbocycles. The summed E-state index contributed by atoms with van der Waals surface area (Å²) in [5.74, 6) is 0. The molecule has 18 heavy (non-hydrogen) atoms. The van der Waals surface area contributed by atoms with E-state index < -0.39 is 0 Å². The van der Waals surface area contributed by atoms with Gasteiger partial charge in [-0.25, -0.2) is 0 Å². The van der Waals surface area contributed by atoms with Crippen LogP contribution in [0.5, 0.6) is 0 Å². The van der Waals surface area contributed by atoms with Gasteiger partial charge in [-0.15, -0.1) is 31.5 Å². The van der Waals surface area contributed by atoms with E-state index in [0.29, 0.717) is 0 Å². The van der Waals surface area contributed by atoms with Gasteiger partial charge in [0.2, 0.25) is 0 Å². The highest BCUT2D eigenvalue weighted by Gasteiger charge is 2.18. The van der Waals surface area contributed by atoms with E-state index in [9.17, 15) is 0 Å². The summed E-state index contributed by atoms with van der Waals surface area (Å²) >= 11 is 10.9. The van der Waals surface area contributed by atoms with Gasteiger partial charge in [0.25, 0.3) is 0 Å². The molecule has 0 aliphatic heterocycles. The Bertz CT molecular complexity index is 535. The Balaban J connectivity index is 2.55. The lowest BCUT2D eigenvalue weighted by molar-refractivity contribution is 1.63. The van der Waals surface area contributed by atoms with Crippen LogP contribution in [0.1, 0.15) is 11.1 Å². The fraction of sp³-hybridized carbons (Fsp3) is 0. The van der Waals surface area contributed by atoms with Crippen LogP contribution in [0.4, 0.5) is 0 Å². The summed E-state index contributed by atoms with van der Waals surface area (Å²) in [6.45, 7) is 0. The molecule has 0 aliphatic carbocycles. The second kappa shape index (κ2) is 6.74. The smallest absolute Gasteiger partial charge is 0.132 e. The Morgan fingerprint density at radius 3 is 1.61 bits per heavy atom. The molecule has 0 amide bonds. The van der Waals surface area contributed by atoms with Gasteiger partial charge in [-0.3, -0.25) is 0 Å². The molecule has 0 spiro atoms. The summed E-state index contributed by atoms with van der Waals surface area (Å²) in [5, 5.41) is 0. The molecule has 0 aliphatic rings. The number of rotatable bonds is 3. The van der Waals surface area contributed by atoms with E-state index in [2.05, 4.69) is 71.7 Å². The number of hydrogen-bond acceptors (Lipinski definition) is 0. The van der Waals surface area contributed by atoms with Gasteiger partial charge in [0.1, 0.15) is 0 Å². The number of benzene rings is 2. The maximum absolute atomic E-state index is 3.71. The van der Waals surface area contributed by atoms with Crippen LogP contribution in [0, 0.1) is 0 Å². The largest absolute Gasteiger partial charge is 0.331 e. The Kier molecular flexibility index (Phi) is 5.28. The summed E-state index contributed by atoms with van der Waals surface area (Å²) in [7, 11) is 0. The zero-order valence-electron chi connectivity index (χ0n) is 9.48. The van der Waals surface area contributed by atoms with Crippen LogP contribution in [0.25, 0.3) is 9.95 Å². The zero-order valence-corrected chi connectivity index (χ0v) is 14.2. The summed E-state index contributed by atoms with van der Waals surface area (Å²) in [6, 6.07) is 20.6.